The Morgan fingerprint density at radius 2 is 1.57 bits per heavy atom. The first-order chi connectivity index (χ1) is 34.4. The Labute approximate surface area is 431 Å². The summed E-state index contributed by atoms with van der Waals surface area (Å²) in [5, 5.41) is 7.20. The number of allylic oxidation sites excluding steroid dienone is 1. The van der Waals surface area contributed by atoms with Gasteiger partial charge in [-0.05, 0) is 115 Å². The maximum absolute atomic E-state index is 14.3. The second-order valence-corrected chi connectivity index (χ2v) is 24.6. The van der Waals surface area contributed by atoms with Crippen molar-refractivity contribution in [1.29, 1.82) is 0 Å². The summed E-state index contributed by atoms with van der Waals surface area (Å²) < 4.78 is 104. The van der Waals surface area contributed by atoms with Crippen LogP contribution >= 0.6 is 23.4 Å². The molecule has 3 aliphatic heterocycles. The zero-order valence-corrected chi connectivity index (χ0v) is 43.8. The van der Waals surface area contributed by atoms with E-state index in [0.29, 0.717) is 44.5 Å². The second-order valence-electron chi connectivity index (χ2n) is 19.5. The van der Waals surface area contributed by atoms with Gasteiger partial charge in [-0.15, -0.1) is 11.8 Å². The molecule has 2 atom stereocenters. The maximum Gasteiger partial charge on any atom is 0.501 e. The number of ether oxygens (including phenoxy) is 1. The van der Waals surface area contributed by atoms with E-state index in [9.17, 15) is 34.8 Å². The van der Waals surface area contributed by atoms with E-state index in [4.69, 9.17) is 16.3 Å². The average Bonchev–Trinajstić information content (AvgIpc) is 3.65. The van der Waals surface area contributed by atoms with E-state index >= 15 is 0 Å². The van der Waals surface area contributed by atoms with Crippen LogP contribution in [0.3, 0.4) is 0 Å². The molecule has 4 aromatic carbocycles. The normalized spacial score (nSPS) is 20.8. The molecular weight excluding hydrogens is 1010 g/mol. The molecule has 3 saturated heterocycles. The van der Waals surface area contributed by atoms with Crippen LogP contribution in [-0.4, -0.2) is 153 Å². The molecule has 72 heavy (non-hydrogen) atoms. The minimum Gasteiger partial charge on any atom is -0.380 e. The lowest BCUT2D eigenvalue weighted by atomic mass is 9.71. The highest BCUT2D eigenvalue weighted by atomic mass is 35.5. The summed E-state index contributed by atoms with van der Waals surface area (Å²) in [6, 6.07) is 26.0. The number of sulfonamides is 1. The summed E-state index contributed by atoms with van der Waals surface area (Å²) >= 11 is 7.74. The van der Waals surface area contributed by atoms with Crippen molar-refractivity contribution in [1.82, 2.24) is 24.7 Å². The quantitative estimate of drug-likeness (QED) is 0.0827. The summed E-state index contributed by atoms with van der Waals surface area (Å²) in [6.07, 6.45) is 4.43. The summed E-state index contributed by atoms with van der Waals surface area (Å²) in [5.41, 5.74) is -1.02. The fraction of sp³-hybridized carbons (Fsp3) is 0.481. The number of piperazine rings is 2. The Bertz CT molecular complexity index is 2720. The van der Waals surface area contributed by atoms with Gasteiger partial charge in [-0.2, -0.15) is 13.2 Å². The number of amides is 1. The van der Waals surface area contributed by atoms with E-state index in [1.54, 1.807) is 12.1 Å². The number of hydrogen-bond donors (Lipinski definition) is 3. The molecule has 0 bridgehead atoms. The monoisotopic (exact) mass is 1070 g/mol. The minimum atomic E-state index is -6.07. The summed E-state index contributed by atoms with van der Waals surface area (Å²) in [5.74, 6) is -0.653. The summed E-state index contributed by atoms with van der Waals surface area (Å²) in [7, 11) is -10.9. The number of nitrogens with zero attached hydrogens (tertiary/aromatic N) is 4. The predicted octanol–water partition coefficient (Wildman–Crippen LogP) is 8.11. The van der Waals surface area contributed by atoms with Gasteiger partial charge in [-0.25, -0.2) is 21.6 Å². The van der Waals surface area contributed by atoms with E-state index in [2.05, 4.69) is 49.3 Å². The van der Waals surface area contributed by atoms with E-state index < -0.39 is 52.8 Å². The lowest BCUT2D eigenvalue weighted by Gasteiger charge is -2.43. The van der Waals surface area contributed by atoms with Crippen molar-refractivity contribution in [2.24, 2.45) is 5.41 Å². The van der Waals surface area contributed by atoms with Gasteiger partial charge in [0, 0.05) is 125 Å². The van der Waals surface area contributed by atoms with Crippen molar-refractivity contribution in [3.05, 3.63) is 119 Å². The minimum absolute atomic E-state index is 0.0000527. The van der Waals surface area contributed by atoms with Gasteiger partial charge < -0.3 is 30.1 Å². The van der Waals surface area contributed by atoms with Gasteiger partial charge in [0.05, 0.1) is 17.2 Å². The fourth-order valence-electron chi connectivity index (χ4n) is 10.1. The van der Waals surface area contributed by atoms with Gasteiger partial charge in [-0.1, -0.05) is 54.4 Å². The smallest absolute Gasteiger partial charge is 0.380 e. The van der Waals surface area contributed by atoms with Crippen LogP contribution in [0.1, 0.15) is 54.9 Å². The zero-order valence-electron chi connectivity index (χ0n) is 40.6. The standard InChI is InChI=1S/C52H65ClF3N7O6S3/c1-51(38-62-25-21-57-22-26-62)20-18-47(39-8-12-42(53)13-9-39)41(35-51)36-61-27-29-63(30-28-61)44-14-10-40(11-15-44)50(64)59-72(67,68)46-16-17-48(49(34-46)71(65,66)52(54,55)56)58-43(37-70-45-6-3-2-4-7-45)19-24-60-23-5-32-69-33-31-60/h2-4,6-17,34,43,57-58H,5,18-33,35-38H2,1H3,(H,59,64)/t43-,51-/m1/s1. The Morgan fingerprint density at radius 3 is 2.28 bits per heavy atom. The highest BCUT2D eigenvalue weighted by Crippen LogP contribution is 2.44. The van der Waals surface area contributed by atoms with Crippen molar-refractivity contribution in [2.75, 3.05) is 114 Å². The predicted molar refractivity (Wildman–Crippen MR) is 280 cm³/mol. The Kier molecular flexibility index (Phi) is 18.0. The Balaban J connectivity index is 0.922. The number of halogens is 4. The van der Waals surface area contributed by atoms with Gasteiger partial charge in [0.25, 0.3) is 25.8 Å². The van der Waals surface area contributed by atoms with Gasteiger partial charge in [0.15, 0.2) is 0 Å². The molecule has 390 valence electrons. The van der Waals surface area contributed by atoms with Crippen molar-refractivity contribution >= 4 is 66.1 Å². The molecule has 0 unspecified atom stereocenters. The largest absolute Gasteiger partial charge is 0.501 e. The first-order valence-corrected chi connectivity index (χ1v) is 29.0. The molecule has 20 heteroatoms. The van der Waals surface area contributed by atoms with Gasteiger partial charge in [-0.3, -0.25) is 9.69 Å². The molecule has 3 heterocycles. The van der Waals surface area contributed by atoms with Crippen LogP contribution in [0.15, 0.2) is 117 Å². The van der Waals surface area contributed by atoms with Gasteiger partial charge >= 0.3 is 5.51 Å². The van der Waals surface area contributed by atoms with Crippen LogP contribution in [0.4, 0.5) is 24.5 Å². The van der Waals surface area contributed by atoms with Crippen LogP contribution < -0.4 is 20.3 Å². The Morgan fingerprint density at radius 1 is 0.847 bits per heavy atom. The van der Waals surface area contributed by atoms with Crippen LogP contribution in [0.5, 0.6) is 0 Å². The molecule has 8 rings (SSSR count). The van der Waals surface area contributed by atoms with E-state index in [1.165, 1.54) is 40.6 Å². The van der Waals surface area contributed by atoms with Crippen molar-refractivity contribution in [2.45, 2.75) is 65.3 Å². The number of hydrogen-bond acceptors (Lipinski definition) is 13. The number of sulfone groups is 1. The molecule has 13 nitrogen and oxygen atoms in total. The second kappa shape index (κ2) is 24.0. The van der Waals surface area contributed by atoms with E-state index in [-0.39, 0.29) is 11.0 Å². The lowest BCUT2D eigenvalue weighted by molar-refractivity contribution is -0.0435. The highest BCUT2D eigenvalue weighted by molar-refractivity contribution is 7.99. The molecule has 4 aliphatic rings. The molecular formula is C52H65ClF3N7O6S3. The first-order valence-electron chi connectivity index (χ1n) is 24.7. The number of rotatable bonds is 18. The van der Waals surface area contributed by atoms with Crippen LogP contribution in [0, 0.1) is 5.41 Å². The molecule has 0 saturated carbocycles. The third-order valence-corrected chi connectivity index (χ3v) is 18.4. The van der Waals surface area contributed by atoms with Crippen molar-refractivity contribution in [3.63, 3.8) is 0 Å². The number of carbonyl (C=O) groups excluding carboxylic acids is 1. The molecule has 0 spiro atoms. The third-order valence-electron chi connectivity index (χ3n) is 14.1. The average molecular weight is 1070 g/mol. The number of thioether (sulfide) groups is 1. The van der Waals surface area contributed by atoms with E-state index in [0.717, 1.165) is 125 Å². The Hall–Kier alpha value is -4.18. The third kappa shape index (κ3) is 14.1. The summed E-state index contributed by atoms with van der Waals surface area (Å²) in [4.78, 5) is 21.8. The topological polar surface area (TPSA) is 144 Å². The number of anilines is 2. The molecule has 3 N–H and O–H groups in total. The van der Waals surface area contributed by atoms with Crippen molar-refractivity contribution < 1.29 is 39.5 Å². The van der Waals surface area contributed by atoms with Crippen LogP contribution in [-0.2, 0) is 24.6 Å². The fourth-order valence-corrected chi connectivity index (χ4v) is 13.3. The van der Waals surface area contributed by atoms with Crippen LogP contribution in [0.25, 0.3) is 5.57 Å². The summed E-state index contributed by atoms with van der Waals surface area (Å²) in [6.45, 7) is 14.8. The highest BCUT2D eigenvalue weighted by Gasteiger charge is 2.48. The molecule has 1 aliphatic carbocycles. The number of alkyl halides is 3. The lowest BCUT2D eigenvalue weighted by Crippen LogP contribution is -2.49. The molecule has 0 aromatic heterocycles. The zero-order chi connectivity index (χ0) is 50.9. The van der Waals surface area contributed by atoms with Gasteiger partial charge in [0.1, 0.15) is 4.90 Å². The maximum atomic E-state index is 14.3. The number of nitrogens with one attached hydrogen (secondary N) is 3. The van der Waals surface area contributed by atoms with E-state index in [1.807, 2.05) is 47.2 Å². The number of benzene rings is 4. The first kappa shape index (κ1) is 54.1. The van der Waals surface area contributed by atoms with Crippen LogP contribution in [0.2, 0.25) is 5.02 Å². The number of carbonyl (C=O) groups is 1. The molecule has 0 radical (unpaired) electrons. The van der Waals surface area contributed by atoms with Gasteiger partial charge in [0.2, 0.25) is 0 Å². The van der Waals surface area contributed by atoms with Crippen molar-refractivity contribution in [3.8, 4) is 0 Å². The molecule has 4 aromatic rings. The molecule has 3 fully saturated rings. The SMILES string of the molecule is C[C@@]1(CN2CCNCC2)CCC(c2ccc(Cl)cc2)=C(CN2CCN(c3ccc(C(=O)NS(=O)(=O)c4ccc(N[C@H](CCN5CCCOCC5)CSc5ccccc5)c(S(=O)(=O)C(F)(F)F)c4)cc3)CC2)C1. The molecule has 1 amide bonds.